The molecule has 1 N–H and O–H groups in total. The fourth-order valence-corrected chi connectivity index (χ4v) is 3.19. The van der Waals surface area contributed by atoms with Crippen LogP contribution in [0.15, 0.2) is 29.2 Å². The van der Waals surface area contributed by atoms with Crippen LogP contribution in [0.4, 0.5) is 5.69 Å². The molecule has 0 bridgehead atoms. The molecule has 1 aromatic rings. The van der Waals surface area contributed by atoms with Crippen molar-refractivity contribution in [1.82, 2.24) is 4.31 Å². The molecule has 0 aliphatic heterocycles. The van der Waals surface area contributed by atoms with Crippen LogP contribution in [0.5, 0.6) is 0 Å². The zero-order chi connectivity index (χ0) is 15.2. The van der Waals surface area contributed by atoms with Crippen LogP contribution in [-0.2, 0) is 14.8 Å². The van der Waals surface area contributed by atoms with Crippen LogP contribution in [-0.4, -0.2) is 56.2 Å². The van der Waals surface area contributed by atoms with Gasteiger partial charge in [0.1, 0.15) is 0 Å². The van der Waals surface area contributed by atoms with Gasteiger partial charge < -0.3 is 9.84 Å². The highest BCUT2D eigenvalue weighted by atomic mass is 32.2. The van der Waals surface area contributed by atoms with E-state index in [-0.39, 0.29) is 26.3 Å². The van der Waals surface area contributed by atoms with Gasteiger partial charge in [-0.25, -0.2) is 8.42 Å². The predicted octanol–water partition coefficient (Wildman–Crippen LogP) is 0.224. The third kappa shape index (κ3) is 3.73. The minimum atomic E-state index is -4.06. The van der Waals surface area contributed by atoms with Gasteiger partial charge in [0.25, 0.3) is 5.69 Å². The lowest BCUT2D eigenvalue weighted by atomic mass is 10.3. The van der Waals surface area contributed by atoms with Gasteiger partial charge in [0.15, 0.2) is 4.90 Å². The van der Waals surface area contributed by atoms with E-state index < -0.39 is 25.5 Å². The smallest absolute Gasteiger partial charge is 0.289 e. The van der Waals surface area contributed by atoms with Gasteiger partial charge in [0.05, 0.1) is 18.1 Å². The number of benzene rings is 1. The third-order valence-corrected chi connectivity index (χ3v) is 4.52. The van der Waals surface area contributed by atoms with Gasteiger partial charge >= 0.3 is 0 Å². The number of aliphatic hydroxyl groups is 1. The molecule has 0 saturated heterocycles. The number of para-hydroxylation sites is 1. The summed E-state index contributed by atoms with van der Waals surface area (Å²) in [7, 11) is -2.65. The molecule has 8 nitrogen and oxygen atoms in total. The molecule has 0 radical (unpaired) electrons. The second-order valence-corrected chi connectivity index (χ2v) is 5.75. The molecular weight excluding hydrogens is 288 g/mol. The number of sulfonamides is 1. The van der Waals surface area contributed by atoms with E-state index in [1.807, 2.05) is 0 Å². The van der Waals surface area contributed by atoms with E-state index in [2.05, 4.69) is 0 Å². The number of methoxy groups -OCH3 is 1. The Kier molecular flexibility index (Phi) is 6.02. The van der Waals surface area contributed by atoms with Gasteiger partial charge in [-0.2, -0.15) is 4.31 Å². The lowest BCUT2D eigenvalue weighted by molar-refractivity contribution is -0.387. The van der Waals surface area contributed by atoms with Gasteiger partial charge in [-0.1, -0.05) is 12.1 Å². The summed E-state index contributed by atoms with van der Waals surface area (Å²) < 4.78 is 30.6. The van der Waals surface area contributed by atoms with Crippen LogP contribution in [0.1, 0.15) is 0 Å². The summed E-state index contributed by atoms with van der Waals surface area (Å²) >= 11 is 0. The van der Waals surface area contributed by atoms with E-state index in [0.29, 0.717) is 0 Å². The zero-order valence-corrected chi connectivity index (χ0v) is 11.7. The first kappa shape index (κ1) is 16.5. The standard InChI is InChI=1S/C11H16N2O6S/c1-19-9-7-12(6-8-14)20(17,18)11-5-3-2-4-10(11)13(15)16/h2-5,14H,6-9H2,1H3. The quantitative estimate of drug-likeness (QED) is 0.543. The van der Waals surface area contributed by atoms with E-state index in [4.69, 9.17) is 9.84 Å². The Labute approximate surface area is 116 Å². The van der Waals surface area contributed by atoms with Crippen LogP contribution < -0.4 is 0 Å². The number of rotatable bonds is 8. The molecule has 0 atom stereocenters. The predicted molar refractivity (Wildman–Crippen MR) is 70.8 cm³/mol. The van der Waals surface area contributed by atoms with Gasteiger partial charge in [0.2, 0.25) is 10.0 Å². The van der Waals surface area contributed by atoms with Crippen molar-refractivity contribution in [2.75, 3.05) is 33.4 Å². The number of hydrogen-bond acceptors (Lipinski definition) is 6. The number of hydrogen-bond donors (Lipinski definition) is 1. The maximum absolute atomic E-state index is 12.4. The summed E-state index contributed by atoms with van der Waals surface area (Å²) in [5, 5.41) is 19.9. The van der Waals surface area contributed by atoms with Gasteiger partial charge in [-0.15, -0.1) is 0 Å². The third-order valence-electron chi connectivity index (χ3n) is 2.57. The lowest BCUT2D eigenvalue weighted by Crippen LogP contribution is -2.36. The molecule has 0 fully saturated rings. The van der Waals surface area contributed by atoms with Gasteiger partial charge in [-0.3, -0.25) is 10.1 Å². The normalized spacial score (nSPS) is 11.8. The van der Waals surface area contributed by atoms with Crippen molar-refractivity contribution in [2.45, 2.75) is 4.90 Å². The summed E-state index contributed by atoms with van der Waals surface area (Å²) in [6.45, 7) is -0.410. The van der Waals surface area contributed by atoms with Crippen molar-refractivity contribution in [3.05, 3.63) is 34.4 Å². The van der Waals surface area contributed by atoms with E-state index >= 15 is 0 Å². The molecule has 0 aliphatic rings. The van der Waals surface area contributed by atoms with Crippen LogP contribution in [0.2, 0.25) is 0 Å². The van der Waals surface area contributed by atoms with Crippen LogP contribution in [0.25, 0.3) is 0 Å². The highest BCUT2D eigenvalue weighted by Gasteiger charge is 2.30. The maximum Gasteiger partial charge on any atom is 0.289 e. The Morgan fingerprint density at radius 2 is 2.00 bits per heavy atom. The first-order valence-electron chi connectivity index (χ1n) is 5.78. The molecule has 20 heavy (non-hydrogen) atoms. The molecule has 1 rings (SSSR count). The highest BCUT2D eigenvalue weighted by Crippen LogP contribution is 2.25. The summed E-state index contributed by atoms with van der Waals surface area (Å²) in [6, 6.07) is 5.10. The fraction of sp³-hybridized carbons (Fsp3) is 0.455. The molecule has 0 spiro atoms. The first-order chi connectivity index (χ1) is 9.45. The Bertz CT molecular complexity index is 560. The molecule has 0 unspecified atom stereocenters. The van der Waals surface area contributed by atoms with Crippen molar-refractivity contribution >= 4 is 15.7 Å². The number of ether oxygens (including phenoxy) is 1. The van der Waals surface area contributed by atoms with Gasteiger partial charge in [0, 0.05) is 26.3 Å². The van der Waals surface area contributed by atoms with Crippen molar-refractivity contribution in [3.63, 3.8) is 0 Å². The van der Waals surface area contributed by atoms with Crippen LogP contribution in [0, 0.1) is 10.1 Å². The van der Waals surface area contributed by atoms with Crippen molar-refractivity contribution in [3.8, 4) is 0 Å². The molecule has 0 saturated carbocycles. The number of nitro benzene ring substituents is 1. The van der Waals surface area contributed by atoms with E-state index in [0.717, 1.165) is 10.4 Å². The van der Waals surface area contributed by atoms with Crippen molar-refractivity contribution in [1.29, 1.82) is 0 Å². The molecule has 9 heteroatoms. The molecular formula is C11H16N2O6S. The second kappa shape index (κ2) is 7.29. The second-order valence-electron chi connectivity index (χ2n) is 3.85. The Hall–Kier alpha value is -1.55. The number of nitrogens with zero attached hydrogens (tertiary/aromatic N) is 2. The number of nitro groups is 1. The summed E-state index contributed by atoms with van der Waals surface area (Å²) in [5.74, 6) is 0. The zero-order valence-electron chi connectivity index (χ0n) is 10.9. The van der Waals surface area contributed by atoms with Gasteiger partial charge in [-0.05, 0) is 6.07 Å². The molecule has 0 heterocycles. The summed E-state index contributed by atoms with van der Waals surface area (Å²) in [5.41, 5.74) is -0.493. The monoisotopic (exact) mass is 304 g/mol. The number of aliphatic hydroxyl groups excluding tert-OH is 1. The summed E-state index contributed by atoms with van der Waals surface area (Å²) in [6.07, 6.45) is 0. The molecule has 0 aromatic heterocycles. The maximum atomic E-state index is 12.4. The average molecular weight is 304 g/mol. The summed E-state index contributed by atoms with van der Waals surface area (Å²) in [4.78, 5) is 9.77. The Morgan fingerprint density at radius 3 is 2.55 bits per heavy atom. The SMILES string of the molecule is COCCN(CCO)S(=O)(=O)c1ccccc1[N+](=O)[O-]. The lowest BCUT2D eigenvalue weighted by Gasteiger charge is -2.20. The minimum absolute atomic E-state index is 0.00540. The Morgan fingerprint density at radius 1 is 1.35 bits per heavy atom. The van der Waals surface area contributed by atoms with Crippen LogP contribution in [0.3, 0.4) is 0 Å². The van der Waals surface area contributed by atoms with Crippen molar-refractivity contribution < 1.29 is 23.2 Å². The molecule has 0 aliphatic carbocycles. The molecule has 0 amide bonds. The Balaban J connectivity index is 3.22. The average Bonchev–Trinajstić information content (AvgIpc) is 2.43. The van der Waals surface area contributed by atoms with Crippen molar-refractivity contribution in [2.24, 2.45) is 0 Å². The highest BCUT2D eigenvalue weighted by molar-refractivity contribution is 7.89. The van der Waals surface area contributed by atoms with Crippen LogP contribution >= 0.6 is 0 Å². The van der Waals surface area contributed by atoms with E-state index in [9.17, 15) is 18.5 Å². The fourth-order valence-electron chi connectivity index (χ4n) is 1.62. The topological polar surface area (TPSA) is 110 Å². The largest absolute Gasteiger partial charge is 0.395 e. The molecule has 112 valence electrons. The van der Waals surface area contributed by atoms with E-state index in [1.54, 1.807) is 0 Å². The molecule has 1 aromatic carbocycles. The minimum Gasteiger partial charge on any atom is -0.395 e. The first-order valence-corrected chi connectivity index (χ1v) is 7.22. The van der Waals surface area contributed by atoms with E-state index in [1.165, 1.54) is 25.3 Å².